The molecule has 4 atom stereocenters. The first-order chi connectivity index (χ1) is 19.2. The SMILES string of the molecule is CC1(C)C/C(=N\NC(=O)NCC2(C)CC(NC(=O)N/N=C3\CC(C)(C)CC(C)(C#N)C3)CC(C)(C)C2)CC(C)(C#N)C1. The van der Waals surface area contributed by atoms with E-state index in [1.54, 1.807) is 0 Å². The van der Waals surface area contributed by atoms with Gasteiger partial charge < -0.3 is 10.6 Å². The van der Waals surface area contributed by atoms with Gasteiger partial charge in [-0.15, -0.1) is 0 Å². The molecule has 10 nitrogen and oxygen atoms in total. The van der Waals surface area contributed by atoms with Crippen molar-refractivity contribution >= 4 is 23.5 Å². The lowest BCUT2D eigenvalue weighted by Crippen LogP contribution is -2.52. The third-order valence-corrected chi connectivity index (χ3v) is 8.92. The second kappa shape index (κ2) is 11.9. The summed E-state index contributed by atoms with van der Waals surface area (Å²) in [6.07, 6.45) is 6.62. The van der Waals surface area contributed by atoms with E-state index in [9.17, 15) is 20.1 Å². The maximum atomic E-state index is 12.9. The molecule has 0 radical (unpaired) electrons. The van der Waals surface area contributed by atoms with Gasteiger partial charge in [0.2, 0.25) is 0 Å². The number of hydrogen-bond donors (Lipinski definition) is 4. The van der Waals surface area contributed by atoms with E-state index >= 15 is 0 Å². The van der Waals surface area contributed by atoms with Crippen molar-refractivity contribution in [3.8, 4) is 12.1 Å². The number of nitriles is 2. The summed E-state index contributed by atoms with van der Waals surface area (Å²) in [5.74, 6) is 0. The summed E-state index contributed by atoms with van der Waals surface area (Å²) in [5.41, 5.74) is 5.68. The van der Waals surface area contributed by atoms with E-state index in [1.807, 2.05) is 13.8 Å². The molecule has 0 saturated heterocycles. The highest BCUT2D eigenvalue weighted by Gasteiger charge is 2.43. The van der Waals surface area contributed by atoms with Crippen molar-refractivity contribution in [2.45, 2.75) is 126 Å². The van der Waals surface area contributed by atoms with Crippen LogP contribution in [0.4, 0.5) is 9.59 Å². The molecule has 3 saturated carbocycles. The van der Waals surface area contributed by atoms with Crippen LogP contribution in [0.25, 0.3) is 0 Å². The van der Waals surface area contributed by atoms with Gasteiger partial charge in [0.1, 0.15) is 0 Å². The fourth-order valence-corrected chi connectivity index (χ4v) is 8.49. The fraction of sp³-hybridized carbons (Fsp3) is 0.812. The van der Waals surface area contributed by atoms with E-state index in [2.05, 4.69) is 92.3 Å². The molecule has 3 fully saturated rings. The third kappa shape index (κ3) is 9.44. The van der Waals surface area contributed by atoms with Crippen LogP contribution in [0.5, 0.6) is 0 Å². The highest BCUT2D eigenvalue weighted by atomic mass is 16.2. The fourth-order valence-electron chi connectivity index (χ4n) is 8.49. The van der Waals surface area contributed by atoms with Crippen molar-refractivity contribution in [1.82, 2.24) is 21.5 Å². The Morgan fingerprint density at radius 3 is 1.67 bits per heavy atom. The van der Waals surface area contributed by atoms with Gasteiger partial charge in [0.25, 0.3) is 0 Å². The van der Waals surface area contributed by atoms with Crippen LogP contribution < -0.4 is 21.5 Å². The molecule has 3 rings (SSSR count). The van der Waals surface area contributed by atoms with E-state index in [1.165, 1.54) is 0 Å². The van der Waals surface area contributed by atoms with Gasteiger partial charge in [0, 0.05) is 36.9 Å². The van der Waals surface area contributed by atoms with E-state index in [-0.39, 0.29) is 39.8 Å². The third-order valence-electron chi connectivity index (χ3n) is 8.92. The Labute approximate surface area is 252 Å². The van der Waals surface area contributed by atoms with Crippen molar-refractivity contribution < 1.29 is 9.59 Å². The van der Waals surface area contributed by atoms with Crippen LogP contribution in [0.15, 0.2) is 10.2 Å². The number of nitrogens with zero attached hydrogens (tertiary/aromatic N) is 4. The number of hydrogen-bond acceptors (Lipinski definition) is 6. The van der Waals surface area contributed by atoms with Gasteiger partial charge in [0.05, 0.1) is 23.0 Å². The van der Waals surface area contributed by atoms with E-state index in [4.69, 9.17) is 0 Å². The van der Waals surface area contributed by atoms with Gasteiger partial charge in [-0.05, 0) is 80.5 Å². The first kappa shape index (κ1) is 33.4. The van der Waals surface area contributed by atoms with E-state index in [0.717, 1.165) is 49.9 Å². The zero-order valence-corrected chi connectivity index (χ0v) is 27.3. The number of carbonyl (C=O) groups is 2. The minimum atomic E-state index is -0.483. The van der Waals surface area contributed by atoms with Gasteiger partial charge in [-0.1, -0.05) is 48.5 Å². The summed E-state index contributed by atoms with van der Waals surface area (Å²) < 4.78 is 0. The maximum Gasteiger partial charge on any atom is 0.335 e. The van der Waals surface area contributed by atoms with Crippen LogP contribution in [0, 0.1) is 55.2 Å². The summed E-state index contributed by atoms with van der Waals surface area (Å²) in [5, 5.41) is 34.2. The van der Waals surface area contributed by atoms with Crippen molar-refractivity contribution in [3.05, 3.63) is 0 Å². The normalized spacial score (nSPS) is 35.4. The lowest BCUT2D eigenvalue weighted by atomic mass is 9.62. The Morgan fingerprint density at radius 1 is 0.714 bits per heavy atom. The number of rotatable bonds is 5. The van der Waals surface area contributed by atoms with Crippen molar-refractivity contribution in [3.63, 3.8) is 0 Å². The largest absolute Gasteiger partial charge is 0.336 e. The van der Waals surface area contributed by atoms with Gasteiger partial charge in [-0.25, -0.2) is 20.4 Å². The second-order valence-electron chi connectivity index (χ2n) is 16.7. The summed E-state index contributed by atoms with van der Waals surface area (Å²) in [7, 11) is 0. The number of amides is 4. The minimum Gasteiger partial charge on any atom is -0.336 e. The summed E-state index contributed by atoms with van der Waals surface area (Å²) in [4.78, 5) is 25.6. The molecular formula is C32H52N8O2. The molecule has 0 aromatic rings. The molecule has 0 aromatic heterocycles. The molecule has 42 heavy (non-hydrogen) atoms. The highest BCUT2D eigenvalue weighted by molar-refractivity contribution is 5.89. The molecule has 0 aromatic carbocycles. The van der Waals surface area contributed by atoms with Crippen LogP contribution in [-0.2, 0) is 0 Å². The van der Waals surface area contributed by atoms with Gasteiger partial charge in [-0.3, -0.25) is 0 Å². The predicted octanol–water partition coefficient (Wildman–Crippen LogP) is 6.36. The zero-order valence-electron chi connectivity index (χ0n) is 27.3. The maximum absolute atomic E-state index is 12.9. The van der Waals surface area contributed by atoms with E-state index < -0.39 is 10.8 Å². The lowest BCUT2D eigenvalue weighted by molar-refractivity contribution is 0.0749. The smallest absolute Gasteiger partial charge is 0.335 e. The van der Waals surface area contributed by atoms with Crippen LogP contribution in [0.3, 0.4) is 0 Å². The topological polar surface area (TPSA) is 155 Å². The van der Waals surface area contributed by atoms with Crippen molar-refractivity contribution in [1.29, 1.82) is 10.5 Å². The van der Waals surface area contributed by atoms with Crippen molar-refractivity contribution in [2.75, 3.05) is 6.54 Å². The molecule has 232 valence electrons. The molecule has 4 N–H and O–H groups in total. The number of carbonyl (C=O) groups excluding carboxylic acids is 2. The summed E-state index contributed by atoms with van der Waals surface area (Å²) in [6.45, 7) is 19.4. The van der Waals surface area contributed by atoms with Gasteiger partial charge in [0.15, 0.2) is 0 Å². The molecule has 10 heteroatoms. The van der Waals surface area contributed by atoms with Crippen LogP contribution >= 0.6 is 0 Å². The first-order valence-electron chi connectivity index (χ1n) is 15.2. The Morgan fingerprint density at radius 2 is 1.19 bits per heavy atom. The van der Waals surface area contributed by atoms with Gasteiger partial charge >= 0.3 is 12.1 Å². The monoisotopic (exact) mass is 580 g/mol. The summed E-state index contributed by atoms with van der Waals surface area (Å²) >= 11 is 0. The molecule has 0 heterocycles. The molecule has 0 aliphatic heterocycles. The molecule has 3 aliphatic carbocycles. The Kier molecular flexibility index (Phi) is 9.42. The Balaban J connectivity index is 1.56. The average molecular weight is 581 g/mol. The van der Waals surface area contributed by atoms with Crippen molar-refractivity contribution in [2.24, 2.45) is 42.7 Å². The second-order valence-corrected chi connectivity index (χ2v) is 16.7. The Bertz CT molecular complexity index is 1210. The van der Waals surface area contributed by atoms with Gasteiger partial charge in [-0.2, -0.15) is 20.7 Å². The first-order valence-corrected chi connectivity index (χ1v) is 15.2. The zero-order chi connectivity index (χ0) is 31.6. The summed E-state index contributed by atoms with van der Waals surface area (Å²) in [6, 6.07) is 4.05. The van der Waals surface area contributed by atoms with Crippen LogP contribution in [0.1, 0.15) is 120 Å². The Hall–Kier alpha value is -3.14. The van der Waals surface area contributed by atoms with Crippen LogP contribution in [-0.4, -0.2) is 36.1 Å². The molecule has 3 aliphatic rings. The standard InChI is InChI=1S/C32H52N8O2/c1-27(2)10-22(36-26(42)40-38-24-12-29(5,6)17-31(8,15-24)20-34)13-32(9,18-27)21-35-25(41)39-37-23-11-28(3,4)16-30(7,14-23)19-33/h22H,10-18,21H2,1-9H3,(H2,35,39,41)(H2,36,40,42)/b37-23+,38-24+. The number of hydrazone groups is 2. The number of urea groups is 2. The number of nitrogens with one attached hydrogen (secondary N) is 4. The molecule has 4 amide bonds. The van der Waals surface area contributed by atoms with E-state index in [0.29, 0.717) is 25.8 Å². The molecular weight excluding hydrogens is 528 g/mol. The molecule has 0 spiro atoms. The lowest BCUT2D eigenvalue weighted by Gasteiger charge is -2.46. The molecule has 4 unspecified atom stereocenters. The molecule has 0 bridgehead atoms. The highest BCUT2D eigenvalue weighted by Crippen LogP contribution is 2.47. The quantitative estimate of drug-likeness (QED) is 0.279. The average Bonchev–Trinajstić information content (AvgIpc) is 2.81. The predicted molar refractivity (Wildman–Crippen MR) is 165 cm³/mol. The van der Waals surface area contributed by atoms with Crippen LogP contribution in [0.2, 0.25) is 0 Å². The minimum absolute atomic E-state index is 0.0351.